The number of aromatic hydroxyl groups is 1. The maximum Gasteiger partial charge on any atom is 0.267 e. The van der Waals surface area contributed by atoms with Crippen molar-refractivity contribution in [3.05, 3.63) is 28.8 Å². The van der Waals surface area contributed by atoms with Gasteiger partial charge in [0.25, 0.3) is 6.43 Å². The van der Waals surface area contributed by atoms with Crippen LogP contribution in [0.25, 0.3) is 0 Å². The van der Waals surface area contributed by atoms with Gasteiger partial charge in [-0.1, -0.05) is 19.9 Å². The molecule has 0 bridgehead atoms. The SMILES string of the molecule is CONCc1cc(C(C)C)cc(C(F)F)c1O. The van der Waals surface area contributed by atoms with Gasteiger partial charge < -0.3 is 9.94 Å². The molecule has 0 aliphatic carbocycles. The fourth-order valence-electron chi connectivity index (χ4n) is 1.53. The summed E-state index contributed by atoms with van der Waals surface area (Å²) in [5, 5.41) is 9.72. The lowest BCUT2D eigenvalue weighted by Gasteiger charge is -2.14. The van der Waals surface area contributed by atoms with E-state index in [1.54, 1.807) is 6.07 Å². The molecule has 1 aromatic carbocycles. The summed E-state index contributed by atoms with van der Waals surface area (Å²) >= 11 is 0. The molecule has 0 aliphatic heterocycles. The van der Waals surface area contributed by atoms with E-state index in [9.17, 15) is 13.9 Å². The van der Waals surface area contributed by atoms with Crippen LogP contribution in [0.4, 0.5) is 8.78 Å². The highest BCUT2D eigenvalue weighted by Crippen LogP contribution is 2.34. The summed E-state index contributed by atoms with van der Waals surface area (Å²) in [6.07, 6.45) is -2.69. The number of hydrogen-bond donors (Lipinski definition) is 2. The Morgan fingerprint density at radius 3 is 2.47 bits per heavy atom. The molecule has 3 nitrogen and oxygen atoms in total. The van der Waals surface area contributed by atoms with Crippen LogP contribution in [0.15, 0.2) is 12.1 Å². The van der Waals surface area contributed by atoms with Crippen LogP contribution in [0.1, 0.15) is 42.9 Å². The molecular formula is C12H17F2NO2. The largest absolute Gasteiger partial charge is 0.507 e. The second kappa shape index (κ2) is 5.93. The summed E-state index contributed by atoms with van der Waals surface area (Å²) in [4.78, 5) is 4.65. The Kier molecular flexibility index (Phi) is 4.84. The molecule has 0 saturated heterocycles. The Hall–Kier alpha value is -1.20. The Morgan fingerprint density at radius 2 is 2.00 bits per heavy atom. The van der Waals surface area contributed by atoms with Crippen molar-refractivity contribution in [3.63, 3.8) is 0 Å². The van der Waals surface area contributed by atoms with Crippen molar-refractivity contribution in [1.29, 1.82) is 0 Å². The van der Waals surface area contributed by atoms with Gasteiger partial charge in [-0.05, 0) is 17.5 Å². The third-order valence-electron chi connectivity index (χ3n) is 2.55. The molecule has 0 fully saturated rings. The van der Waals surface area contributed by atoms with Gasteiger partial charge in [0.15, 0.2) is 0 Å². The highest BCUT2D eigenvalue weighted by Gasteiger charge is 2.18. The standard InChI is InChI=1S/C12H17F2NO2/c1-7(2)8-4-9(6-15-17-3)11(16)10(5-8)12(13)14/h4-5,7,12,15-16H,6H2,1-3H3. The predicted molar refractivity (Wildman–Crippen MR) is 61.0 cm³/mol. The summed E-state index contributed by atoms with van der Waals surface area (Å²) in [5.41, 5.74) is 3.38. The molecule has 0 atom stereocenters. The average Bonchev–Trinajstić information content (AvgIpc) is 2.26. The van der Waals surface area contributed by atoms with E-state index in [2.05, 4.69) is 10.3 Å². The minimum absolute atomic E-state index is 0.120. The number of hydrogen-bond acceptors (Lipinski definition) is 3. The van der Waals surface area contributed by atoms with Crippen molar-refractivity contribution in [3.8, 4) is 5.75 Å². The normalized spacial score (nSPS) is 11.5. The topological polar surface area (TPSA) is 41.5 Å². The molecule has 0 saturated carbocycles. The zero-order valence-corrected chi connectivity index (χ0v) is 10.1. The van der Waals surface area contributed by atoms with Crippen molar-refractivity contribution < 1.29 is 18.7 Å². The second-order valence-electron chi connectivity index (χ2n) is 4.10. The number of halogens is 2. The second-order valence-corrected chi connectivity index (χ2v) is 4.10. The third kappa shape index (κ3) is 3.38. The van der Waals surface area contributed by atoms with Crippen molar-refractivity contribution in [1.82, 2.24) is 5.48 Å². The van der Waals surface area contributed by atoms with Crippen LogP contribution in [0.2, 0.25) is 0 Å². The average molecular weight is 245 g/mol. The maximum absolute atomic E-state index is 12.8. The van der Waals surface area contributed by atoms with Crippen molar-refractivity contribution in [2.24, 2.45) is 0 Å². The number of phenolic OH excluding ortho intramolecular Hbond substituents is 1. The smallest absolute Gasteiger partial charge is 0.267 e. The van der Waals surface area contributed by atoms with Crippen LogP contribution >= 0.6 is 0 Å². The molecule has 0 aromatic heterocycles. The van der Waals surface area contributed by atoms with Crippen molar-refractivity contribution >= 4 is 0 Å². The van der Waals surface area contributed by atoms with E-state index in [1.807, 2.05) is 13.8 Å². The van der Waals surface area contributed by atoms with E-state index in [4.69, 9.17) is 0 Å². The molecule has 5 heteroatoms. The Labute approximate surface area is 99.4 Å². The van der Waals surface area contributed by atoms with E-state index in [-0.39, 0.29) is 23.8 Å². The highest BCUT2D eigenvalue weighted by atomic mass is 19.3. The predicted octanol–water partition coefficient (Wildman–Crippen LogP) is 3.10. The molecule has 17 heavy (non-hydrogen) atoms. The third-order valence-corrected chi connectivity index (χ3v) is 2.55. The lowest BCUT2D eigenvalue weighted by molar-refractivity contribution is 0.0858. The first-order valence-electron chi connectivity index (χ1n) is 5.37. The minimum Gasteiger partial charge on any atom is -0.507 e. The zero-order chi connectivity index (χ0) is 13.0. The van der Waals surface area contributed by atoms with E-state index in [1.165, 1.54) is 13.2 Å². The van der Waals surface area contributed by atoms with E-state index in [0.717, 1.165) is 5.56 Å². The quantitative estimate of drug-likeness (QED) is 0.783. The van der Waals surface area contributed by atoms with Crippen LogP contribution in [0.5, 0.6) is 5.75 Å². The van der Waals surface area contributed by atoms with E-state index in [0.29, 0.717) is 5.56 Å². The van der Waals surface area contributed by atoms with Gasteiger partial charge >= 0.3 is 0 Å². The van der Waals surface area contributed by atoms with Gasteiger partial charge in [0.1, 0.15) is 5.75 Å². The van der Waals surface area contributed by atoms with Gasteiger partial charge in [0.2, 0.25) is 0 Å². The summed E-state index contributed by atoms with van der Waals surface area (Å²) in [6, 6.07) is 3.05. The Morgan fingerprint density at radius 1 is 1.35 bits per heavy atom. The summed E-state index contributed by atoms with van der Waals surface area (Å²) < 4.78 is 25.5. The molecule has 96 valence electrons. The van der Waals surface area contributed by atoms with Crippen LogP contribution < -0.4 is 5.48 Å². The van der Waals surface area contributed by atoms with E-state index < -0.39 is 6.43 Å². The first kappa shape index (κ1) is 13.9. The summed E-state index contributed by atoms with van der Waals surface area (Å²) in [5.74, 6) is -0.247. The number of nitrogens with one attached hydrogen (secondary N) is 1. The number of hydroxylamine groups is 1. The zero-order valence-electron chi connectivity index (χ0n) is 10.1. The number of alkyl halides is 2. The molecule has 0 heterocycles. The minimum atomic E-state index is -2.69. The Balaban J connectivity index is 3.18. The maximum atomic E-state index is 12.8. The molecular weight excluding hydrogens is 228 g/mol. The van der Waals surface area contributed by atoms with Crippen LogP contribution in [-0.4, -0.2) is 12.2 Å². The number of phenols is 1. The molecule has 0 radical (unpaired) electrons. The first-order chi connectivity index (χ1) is 7.97. The lowest BCUT2D eigenvalue weighted by atomic mass is 9.97. The van der Waals surface area contributed by atoms with E-state index >= 15 is 0 Å². The molecule has 0 amide bonds. The highest BCUT2D eigenvalue weighted by molar-refractivity contribution is 5.45. The fourth-order valence-corrected chi connectivity index (χ4v) is 1.53. The monoisotopic (exact) mass is 245 g/mol. The van der Waals surface area contributed by atoms with Gasteiger partial charge in [0.05, 0.1) is 12.7 Å². The number of rotatable bonds is 5. The Bertz CT molecular complexity index is 381. The van der Waals surface area contributed by atoms with Crippen LogP contribution in [0, 0.1) is 0 Å². The van der Waals surface area contributed by atoms with Gasteiger partial charge in [-0.3, -0.25) is 0 Å². The molecule has 1 rings (SSSR count). The number of benzene rings is 1. The van der Waals surface area contributed by atoms with Gasteiger partial charge in [-0.15, -0.1) is 0 Å². The van der Waals surface area contributed by atoms with Crippen molar-refractivity contribution in [2.45, 2.75) is 32.7 Å². The van der Waals surface area contributed by atoms with Crippen molar-refractivity contribution in [2.75, 3.05) is 7.11 Å². The van der Waals surface area contributed by atoms with Crippen LogP contribution in [0.3, 0.4) is 0 Å². The molecule has 0 spiro atoms. The van der Waals surface area contributed by atoms with Gasteiger partial charge in [-0.25, -0.2) is 8.78 Å². The molecule has 2 N–H and O–H groups in total. The molecule has 1 aromatic rings. The fraction of sp³-hybridized carbons (Fsp3) is 0.500. The lowest BCUT2D eigenvalue weighted by Crippen LogP contribution is -2.12. The van der Waals surface area contributed by atoms with Gasteiger partial charge in [0, 0.05) is 12.1 Å². The van der Waals surface area contributed by atoms with Crippen LogP contribution in [-0.2, 0) is 11.4 Å². The first-order valence-corrected chi connectivity index (χ1v) is 5.37. The summed E-state index contributed by atoms with van der Waals surface area (Å²) in [7, 11) is 1.43. The molecule has 0 unspecified atom stereocenters. The molecule has 0 aliphatic rings. The van der Waals surface area contributed by atoms with Gasteiger partial charge in [-0.2, -0.15) is 5.48 Å². The summed E-state index contributed by atoms with van der Waals surface area (Å²) in [6.45, 7) is 4.01.